The van der Waals surface area contributed by atoms with E-state index >= 15 is 0 Å². The summed E-state index contributed by atoms with van der Waals surface area (Å²) in [5, 5.41) is 3.47. The Morgan fingerprint density at radius 3 is 2.79 bits per heavy atom. The second kappa shape index (κ2) is 6.59. The zero-order valence-corrected chi connectivity index (χ0v) is 13.8. The number of aryl methyl sites for hydroxylation is 1. The maximum absolute atomic E-state index is 4.62. The molecule has 0 bridgehead atoms. The van der Waals surface area contributed by atoms with E-state index in [1.807, 2.05) is 25.3 Å². The highest BCUT2D eigenvalue weighted by Crippen LogP contribution is 2.29. The Morgan fingerprint density at radius 2 is 2.21 bits per heavy atom. The number of hydrogen-bond donors (Lipinski definition) is 1. The van der Waals surface area contributed by atoms with Crippen molar-refractivity contribution in [2.24, 2.45) is 0 Å². The first kappa shape index (κ1) is 14.6. The monoisotopic (exact) mass is 339 g/mol. The molecule has 5 heteroatoms. The van der Waals surface area contributed by atoms with Gasteiger partial charge in [-0.15, -0.1) is 11.3 Å². The van der Waals surface area contributed by atoms with Crippen LogP contribution in [0.25, 0.3) is 10.7 Å². The van der Waals surface area contributed by atoms with Gasteiger partial charge in [-0.05, 0) is 54.9 Å². The van der Waals surface area contributed by atoms with Gasteiger partial charge in [0.25, 0.3) is 0 Å². The van der Waals surface area contributed by atoms with Crippen LogP contribution in [0.3, 0.4) is 0 Å². The maximum Gasteiger partial charge on any atom is 0.169 e. The lowest BCUT2D eigenvalue weighted by Gasteiger charge is -2.15. The number of halogens is 1. The van der Waals surface area contributed by atoms with Crippen molar-refractivity contribution in [1.29, 1.82) is 0 Å². The van der Waals surface area contributed by atoms with Crippen molar-refractivity contribution in [3.8, 4) is 10.7 Å². The van der Waals surface area contributed by atoms with Gasteiger partial charge < -0.3 is 5.32 Å². The number of aromatic nitrogens is 2. The highest BCUT2D eigenvalue weighted by molar-refractivity contribution is 9.11. The number of hydrogen-bond acceptors (Lipinski definition) is 4. The second-order valence-corrected chi connectivity index (χ2v) is 6.98. The molecule has 1 atom stereocenters. The molecule has 19 heavy (non-hydrogen) atoms. The normalized spacial score (nSPS) is 12.6. The molecule has 1 N–H and O–H groups in total. The van der Waals surface area contributed by atoms with Crippen LogP contribution in [0.4, 0.5) is 0 Å². The van der Waals surface area contributed by atoms with Crippen LogP contribution >= 0.6 is 27.3 Å². The van der Waals surface area contributed by atoms with Crippen LogP contribution in [-0.2, 0) is 0 Å². The Bertz CT molecular complexity index is 553. The number of rotatable bonds is 5. The van der Waals surface area contributed by atoms with Gasteiger partial charge in [-0.2, -0.15) is 0 Å². The zero-order valence-electron chi connectivity index (χ0n) is 11.4. The lowest BCUT2D eigenvalue weighted by Crippen LogP contribution is -2.20. The molecule has 0 aliphatic carbocycles. The lowest BCUT2D eigenvalue weighted by atomic mass is 10.1. The quantitative estimate of drug-likeness (QED) is 0.880. The molecular formula is C14H18BrN3S. The van der Waals surface area contributed by atoms with E-state index in [-0.39, 0.29) is 0 Å². The average Bonchev–Trinajstić information content (AvgIpc) is 2.82. The Labute approximate surface area is 126 Å². The number of nitrogens with one attached hydrogen (secondary N) is 1. The van der Waals surface area contributed by atoms with Crippen LogP contribution in [-0.4, -0.2) is 16.5 Å². The van der Waals surface area contributed by atoms with Crippen LogP contribution in [0.5, 0.6) is 0 Å². The molecule has 0 fully saturated rings. The molecule has 0 aliphatic heterocycles. The van der Waals surface area contributed by atoms with Crippen molar-refractivity contribution >= 4 is 27.3 Å². The van der Waals surface area contributed by atoms with Gasteiger partial charge in [-0.1, -0.05) is 6.92 Å². The summed E-state index contributed by atoms with van der Waals surface area (Å²) in [4.78, 5) is 10.2. The van der Waals surface area contributed by atoms with E-state index < -0.39 is 0 Å². The Kier molecular flexibility index (Phi) is 5.07. The van der Waals surface area contributed by atoms with Gasteiger partial charge >= 0.3 is 0 Å². The molecule has 2 aromatic heterocycles. The van der Waals surface area contributed by atoms with E-state index in [2.05, 4.69) is 45.1 Å². The fourth-order valence-corrected chi connectivity index (χ4v) is 3.25. The SMILES string of the molecule is CCCNC(C)c1cnc(-c2ccc(Br)s2)nc1C. The summed E-state index contributed by atoms with van der Waals surface area (Å²) < 4.78 is 1.10. The van der Waals surface area contributed by atoms with Crippen LogP contribution < -0.4 is 5.32 Å². The molecule has 0 radical (unpaired) electrons. The Balaban J connectivity index is 2.21. The first-order chi connectivity index (χ1) is 9.11. The largest absolute Gasteiger partial charge is 0.310 e. The molecule has 102 valence electrons. The van der Waals surface area contributed by atoms with Gasteiger partial charge in [0.15, 0.2) is 5.82 Å². The number of nitrogens with zero attached hydrogens (tertiary/aromatic N) is 2. The smallest absolute Gasteiger partial charge is 0.169 e. The fourth-order valence-electron chi connectivity index (χ4n) is 1.93. The molecule has 0 spiro atoms. The molecular weight excluding hydrogens is 322 g/mol. The van der Waals surface area contributed by atoms with E-state index in [1.165, 1.54) is 5.56 Å². The zero-order chi connectivity index (χ0) is 13.8. The standard InChI is InChI=1S/C14H18BrN3S/c1-4-7-16-9(2)11-8-17-14(18-10(11)3)12-5-6-13(15)19-12/h5-6,8-9,16H,4,7H2,1-3H3. The molecule has 2 heterocycles. The Hall–Kier alpha value is -0.780. The van der Waals surface area contributed by atoms with Crippen molar-refractivity contribution in [3.63, 3.8) is 0 Å². The molecule has 0 aliphatic rings. The highest BCUT2D eigenvalue weighted by atomic mass is 79.9. The van der Waals surface area contributed by atoms with Crippen LogP contribution in [0.2, 0.25) is 0 Å². The van der Waals surface area contributed by atoms with Gasteiger partial charge in [0.2, 0.25) is 0 Å². The molecule has 0 amide bonds. The van der Waals surface area contributed by atoms with Crippen molar-refractivity contribution in [2.45, 2.75) is 33.2 Å². The van der Waals surface area contributed by atoms with Crippen LogP contribution in [0.15, 0.2) is 22.1 Å². The third kappa shape index (κ3) is 3.61. The predicted octanol–water partition coefficient (Wildman–Crippen LogP) is 4.34. The molecule has 0 saturated carbocycles. The summed E-state index contributed by atoms with van der Waals surface area (Å²) in [6.45, 7) is 7.39. The van der Waals surface area contributed by atoms with E-state index in [9.17, 15) is 0 Å². The predicted molar refractivity (Wildman–Crippen MR) is 84.5 cm³/mol. The Morgan fingerprint density at radius 1 is 1.42 bits per heavy atom. The van der Waals surface area contributed by atoms with Crippen LogP contribution in [0.1, 0.15) is 37.6 Å². The van der Waals surface area contributed by atoms with Crippen molar-refractivity contribution in [1.82, 2.24) is 15.3 Å². The van der Waals surface area contributed by atoms with Gasteiger partial charge in [0.1, 0.15) is 0 Å². The first-order valence-electron chi connectivity index (χ1n) is 6.44. The van der Waals surface area contributed by atoms with Gasteiger partial charge in [0, 0.05) is 23.5 Å². The minimum atomic E-state index is 0.295. The molecule has 1 unspecified atom stereocenters. The summed E-state index contributed by atoms with van der Waals surface area (Å²) in [7, 11) is 0. The average molecular weight is 340 g/mol. The first-order valence-corrected chi connectivity index (χ1v) is 8.05. The van der Waals surface area contributed by atoms with E-state index in [1.54, 1.807) is 11.3 Å². The van der Waals surface area contributed by atoms with E-state index in [0.29, 0.717) is 6.04 Å². The third-order valence-electron chi connectivity index (χ3n) is 2.98. The summed E-state index contributed by atoms with van der Waals surface area (Å²) in [5.74, 6) is 0.805. The summed E-state index contributed by atoms with van der Waals surface area (Å²) in [6, 6.07) is 4.36. The van der Waals surface area contributed by atoms with Gasteiger partial charge in [-0.25, -0.2) is 9.97 Å². The van der Waals surface area contributed by atoms with Crippen LogP contribution in [0, 0.1) is 6.92 Å². The van der Waals surface area contributed by atoms with Gasteiger partial charge in [-0.3, -0.25) is 0 Å². The fraction of sp³-hybridized carbons (Fsp3) is 0.429. The van der Waals surface area contributed by atoms with Crippen molar-refractivity contribution < 1.29 is 0 Å². The summed E-state index contributed by atoms with van der Waals surface area (Å²) in [6.07, 6.45) is 3.07. The highest BCUT2D eigenvalue weighted by Gasteiger charge is 2.12. The van der Waals surface area contributed by atoms with E-state index in [0.717, 1.165) is 33.1 Å². The van der Waals surface area contributed by atoms with Crippen molar-refractivity contribution in [3.05, 3.63) is 33.4 Å². The third-order valence-corrected chi connectivity index (χ3v) is 4.60. The van der Waals surface area contributed by atoms with E-state index in [4.69, 9.17) is 0 Å². The molecule has 3 nitrogen and oxygen atoms in total. The molecule has 0 saturated heterocycles. The summed E-state index contributed by atoms with van der Waals surface area (Å²) in [5.41, 5.74) is 2.22. The lowest BCUT2D eigenvalue weighted by molar-refractivity contribution is 0.564. The minimum absolute atomic E-state index is 0.295. The van der Waals surface area contributed by atoms with Gasteiger partial charge in [0.05, 0.1) is 8.66 Å². The molecule has 2 rings (SSSR count). The van der Waals surface area contributed by atoms with Crippen molar-refractivity contribution in [2.75, 3.05) is 6.54 Å². The number of thiophene rings is 1. The maximum atomic E-state index is 4.62. The summed E-state index contributed by atoms with van der Waals surface area (Å²) >= 11 is 5.12. The second-order valence-electron chi connectivity index (χ2n) is 4.51. The topological polar surface area (TPSA) is 37.8 Å². The molecule has 2 aromatic rings. The molecule has 0 aromatic carbocycles. The minimum Gasteiger partial charge on any atom is -0.310 e.